The number of aryl methyl sites for hydroxylation is 1. The number of halogens is 1. The maximum Gasteiger partial charge on any atom is 0.226 e. The summed E-state index contributed by atoms with van der Waals surface area (Å²) < 4.78 is 11.9. The molecule has 0 unspecified atom stereocenters. The minimum atomic E-state index is 0.127. The van der Waals surface area contributed by atoms with Gasteiger partial charge in [-0.05, 0) is 31.5 Å². The van der Waals surface area contributed by atoms with Gasteiger partial charge in [0.15, 0.2) is 0 Å². The Bertz CT molecular complexity index is 785. The Morgan fingerprint density at radius 3 is 2.89 bits per heavy atom. The number of benzene rings is 1. The summed E-state index contributed by atoms with van der Waals surface area (Å²) in [6.45, 7) is 6.15. The van der Waals surface area contributed by atoms with Gasteiger partial charge in [0.1, 0.15) is 18.0 Å². The van der Waals surface area contributed by atoms with E-state index in [2.05, 4.69) is 21.2 Å². The largest absolute Gasteiger partial charge is 0.441 e. The number of methoxy groups -OCH3 is 1. The molecule has 0 radical (unpaired) electrons. The summed E-state index contributed by atoms with van der Waals surface area (Å²) in [4.78, 5) is 18.5. The van der Waals surface area contributed by atoms with Crippen LogP contribution in [-0.2, 0) is 16.1 Å². The van der Waals surface area contributed by atoms with Crippen LogP contribution in [-0.4, -0.2) is 44.2 Å². The third kappa shape index (κ3) is 5.65. The fraction of sp³-hybridized carbons (Fsp3) is 0.524. The summed E-state index contributed by atoms with van der Waals surface area (Å²) in [5.41, 5.74) is 1.98. The fourth-order valence-electron chi connectivity index (χ4n) is 3.61. The Morgan fingerprint density at radius 2 is 2.18 bits per heavy atom. The Balaban J connectivity index is 1.50. The standard InChI is InChI=1S/C21H28BrN3O3/c1-15-19(24-21(28-15)17-5-3-6-18(22)13-17)14-25-10-7-16(8-11-25)20(26)23-9-4-12-27-2/h3,5-6,13,16H,4,7-12,14H2,1-2H3,(H,23,26)/p+1. The van der Waals surface area contributed by atoms with Crippen molar-refractivity contribution in [2.45, 2.75) is 32.7 Å². The average Bonchev–Trinajstić information content (AvgIpc) is 3.06. The summed E-state index contributed by atoms with van der Waals surface area (Å²) in [6.07, 6.45) is 2.69. The Kier molecular flexibility index (Phi) is 7.65. The van der Waals surface area contributed by atoms with Crippen LogP contribution in [0.5, 0.6) is 0 Å². The second kappa shape index (κ2) is 10.2. The van der Waals surface area contributed by atoms with Crippen LogP contribution >= 0.6 is 15.9 Å². The summed E-state index contributed by atoms with van der Waals surface area (Å²) in [6, 6.07) is 7.99. The molecule has 2 aromatic rings. The lowest BCUT2D eigenvalue weighted by atomic mass is 9.95. The second-order valence-electron chi connectivity index (χ2n) is 7.37. The number of carbonyl (C=O) groups excluding carboxylic acids is 1. The van der Waals surface area contributed by atoms with Gasteiger partial charge in [0, 0.05) is 49.1 Å². The number of carbonyl (C=O) groups is 1. The van der Waals surface area contributed by atoms with Crippen molar-refractivity contribution >= 4 is 21.8 Å². The van der Waals surface area contributed by atoms with E-state index in [0.717, 1.165) is 60.4 Å². The number of nitrogens with zero attached hydrogens (tertiary/aromatic N) is 1. The molecule has 1 aliphatic rings. The number of hydrogen-bond acceptors (Lipinski definition) is 4. The van der Waals surface area contributed by atoms with Crippen LogP contribution in [0.4, 0.5) is 0 Å². The monoisotopic (exact) mass is 450 g/mol. The molecule has 28 heavy (non-hydrogen) atoms. The predicted octanol–water partition coefficient (Wildman–Crippen LogP) is 2.36. The molecule has 0 bridgehead atoms. The van der Waals surface area contributed by atoms with E-state index in [9.17, 15) is 4.79 Å². The van der Waals surface area contributed by atoms with Gasteiger partial charge in [0.25, 0.3) is 0 Å². The van der Waals surface area contributed by atoms with E-state index in [1.165, 1.54) is 4.90 Å². The number of ether oxygens (including phenoxy) is 1. The third-order valence-corrected chi connectivity index (χ3v) is 5.76. The number of oxazole rings is 1. The van der Waals surface area contributed by atoms with Crippen LogP contribution in [0.1, 0.15) is 30.7 Å². The zero-order valence-corrected chi connectivity index (χ0v) is 18.2. The first-order valence-electron chi connectivity index (χ1n) is 9.89. The first-order valence-corrected chi connectivity index (χ1v) is 10.7. The van der Waals surface area contributed by atoms with Crippen LogP contribution in [0.3, 0.4) is 0 Å². The van der Waals surface area contributed by atoms with Crippen molar-refractivity contribution in [1.82, 2.24) is 10.3 Å². The van der Waals surface area contributed by atoms with E-state index in [4.69, 9.17) is 14.1 Å². The van der Waals surface area contributed by atoms with Gasteiger partial charge in [-0.1, -0.05) is 22.0 Å². The highest BCUT2D eigenvalue weighted by Gasteiger charge is 2.28. The van der Waals surface area contributed by atoms with Gasteiger partial charge in [-0.15, -0.1) is 0 Å². The lowest BCUT2D eigenvalue weighted by Crippen LogP contribution is -3.12. The molecule has 1 aromatic heterocycles. The lowest BCUT2D eigenvalue weighted by molar-refractivity contribution is -0.919. The SMILES string of the molecule is COCCCNC(=O)C1CC[NH+](Cc2nc(-c3cccc(Br)c3)oc2C)CC1. The number of piperidine rings is 1. The quantitative estimate of drug-likeness (QED) is 0.605. The van der Waals surface area contributed by atoms with Crippen molar-refractivity contribution in [1.29, 1.82) is 0 Å². The van der Waals surface area contributed by atoms with Crippen molar-refractivity contribution in [3.8, 4) is 11.5 Å². The maximum absolute atomic E-state index is 12.3. The topological polar surface area (TPSA) is 68.8 Å². The number of likely N-dealkylation sites (tertiary alicyclic amines) is 1. The summed E-state index contributed by atoms with van der Waals surface area (Å²) in [7, 11) is 1.68. The van der Waals surface area contributed by atoms with Crippen molar-refractivity contribution < 1.29 is 18.8 Å². The Morgan fingerprint density at radius 1 is 1.39 bits per heavy atom. The predicted molar refractivity (Wildman–Crippen MR) is 111 cm³/mol. The second-order valence-corrected chi connectivity index (χ2v) is 8.29. The van der Waals surface area contributed by atoms with E-state index in [0.29, 0.717) is 19.0 Å². The molecule has 1 saturated heterocycles. The van der Waals surface area contributed by atoms with Crippen molar-refractivity contribution in [3.63, 3.8) is 0 Å². The fourth-order valence-corrected chi connectivity index (χ4v) is 4.01. The number of quaternary nitrogens is 1. The molecule has 7 heteroatoms. The molecule has 0 spiro atoms. The lowest BCUT2D eigenvalue weighted by Gasteiger charge is -2.28. The molecular formula is C21H29BrN3O3+. The van der Waals surface area contributed by atoms with E-state index in [1.807, 2.05) is 31.2 Å². The van der Waals surface area contributed by atoms with Crippen molar-refractivity contribution in [3.05, 3.63) is 40.2 Å². The molecule has 2 N–H and O–H groups in total. The van der Waals surface area contributed by atoms with Gasteiger partial charge in [-0.25, -0.2) is 4.98 Å². The van der Waals surface area contributed by atoms with Gasteiger partial charge in [0.05, 0.1) is 13.1 Å². The number of amides is 1. The van der Waals surface area contributed by atoms with E-state index in [-0.39, 0.29) is 11.8 Å². The highest BCUT2D eigenvalue weighted by molar-refractivity contribution is 9.10. The first-order chi connectivity index (χ1) is 13.6. The zero-order chi connectivity index (χ0) is 19.9. The Hall–Kier alpha value is -1.70. The molecule has 0 atom stereocenters. The van der Waals surface area contributed by atoms with Gasteiger partial charge in [0.2, 0.25) is 11.8 Å². The smallest absolute Gasteiger partial charge is 0.226 e. The minimum Gasteiger partial charge on any atom is -0.441 e. The van der Waals surface area contributed by atoms with Crippen LogP contribution in [0.2, 0.25) is 0 Å². The first kappa shape index (κ1) is 21.0. The number of hydrogen-bond donors (Lipinski definition) is 2. The third-order valence-electron chi connectivity index (χ3n) is 5.27. The summed E-state index contributed by atoms with van der Waals surface area (Å²) in [5.74, 6) is 1.85. The Labute approximate surface area is 174 Å². The molecular weight excluding hydrogens is 422 g/mol. The van der Waals surface area contributed by atoms with Crippen molar-refractivity contribution in [2.75, 3.05) is 33.4 Å². The van der Waals surface area contributed by atoms with Crippen LogP contribution in [0.25, 0.3) is 11.5 Å². The zero-order valence-electron chi connectivity index (χ0n) is 16.6. The number of aromatic nitrogens is 1. The molecule has 0 aliphatic carbocycles. The van der Waals surface area contributed by atoms with E-state index in [1.54, 1.807) is 7.11 Å². The van der Waals surface area contributed by atoms with Crippen molar-refractivity contribution in [2.24, 2.45) is 5.92 Å². The van der Waals surface area contributed by atoms with Gasteiger partial charge in [-0.3, -0.25) is 4.79 Å². The molecule has 1 aromatic carbocycles. The van der Waals surface area contributed by atoms with Gasteiger partial charge >= 0.3 is 0 Å². The highest BCUT2D eigenvalue weighted by atomic mass is 79.9. The normalized spacial score (nSPS) is 19.5. The molecule has 2 heterocycles. The molecule has 3 rings (SSSR count). The van der Waals surface area contributed by atoms with Crippen LogP contribution < -0.4 is 10.2 Å². The van der Waals surface area contributed by atoms with Crippen LogP contribution in [0.15, 0.2) is 33.2 Å². The summed E-state index contributed by atoms with van der Waals surface area (Å²) in [5, 5.41) is 3.03. The minimum absolute atomic E-state index is 0.127. The molecule has 152 valence electrons. The molecule has 1 fully saturated rings. The molecule has 1 amide bonds. The molecule has 0 saturated carbocycles. The van der Waals surface area contributed by atoms with Gasteiger partial charge in [-0.2, -0.15) is 0 Å². The highest BCUT2D eigenvalue weighted by Crippen LogP contribution is 2.24. The molecule has 1 aliphatic heterocycles. The van der Waals surface area contributed by atoms with E-state index >= 15 is 0 Å². The van der Waals surface area contributed by atoms with Gasteiger partial charge < -0.3 is 19.4 Å². The number of rotatable bonds is 8. The number of nitrogens with one attached hydrogen (secondary N) is 2. The van der Waals surface area contributed by atoms with E-state index < -0.39 is 0 Å². The summed E-state index contributed by atoms with van der Waals surface area (Å²) >= 11 is 3.49. The molecule has 6 nitrogen and oxygen atoms in total. The maximum atomic E-state index is 12.3. The average molecular weight is 451 g/mol. The van der Waals surface area contributed by atoms with Crippen LogP contribution in [0, 0.1) is 12.8 Å².